The number of hydrogen-bond acceptors (Lipinski definition) is 1. The van der Waals surface area contributed by atoms with E-state index in [1.54, 1.807) is 19.1 Å². The van der Waals surface area contributed by atoms with E-state index in [0.717, 1.165) is 17.7 Å². The molecule has 0 heterocycles. The third-order valence-electron chi connectivity index (χ3n) is 3.40. The van der Waals surface area contributed by atoms with E-state index in [1.165, 1.54) is 18.2 Å². The molecule has 0 unspecified atom stereocenters. The number of amides is 2. The zero-order valence-corrected chi connectivity index (χ0v) is 12.6. The molecule has 2 N–H and O–H groups in total. The first kappa shape index (κ1) is 16.9. The van der Waals surface area contributed by atoms with Gasteiger partial charge in [0.1, 0.15) is 5.82 Å². The molecule has 0 aliphatic heterocycles. The van der Waals surface area contributed by atoms with Crippen molar-refractivity contribution in [1.82, 2.24) is 10.6 Å². The molecule has 0 spiro atoms. The maximum absolute atomic E-state index is 13.2. The van der Waals surface area contributed by atoms with Crippen LogP contribution in [0.3, 0.4) is 0 Å². The fraction of sp³-hybridized carbons (Fsp3) is 0.235. The van der Waals surface area contributed by atoms with Crippen LogP contribution < -0.4 is 10.6 Å². The number of rotatable bonds is 5. The topological polar surface area (TPSA) is 41.1 Å². The highest BCUT2D eigenvalue weighted by Gasteiger charge is 2.11. The molecule has 2 aromatic rings. The summed E-state index contributed by atoms with van der Waals surface area (Å²) in [5.41, 5.74) is 1.37. The third kappa shape index (κ3) is 5.02. The molecule has 1 atom stereocenters. The molecule has 0 aromatic heterocycles. The van der Waals surface area contributed by atoms with Gasteiger partial charge >= 0.3 is 6.03 Å². The summed E-state index contributed by atoms with van der Waals surface area (Å²) in [5.74, 6) is -2.18. The Morgan fingerprint density at radius 2 is 1.74 bits per heavy atom. The van der Waals surface area contributed by atoms with Crippen molar-refractivity contribution in [3.05, 3.63) is 71.0 Å². The summed E-state index contributed by atoms with van der Waals surface area (Å²) < 4.78 is 38.8. The maximum atomic E-state index is 13.2. The minimum Gasteiger partial charge on any atom is -0.338 e. The van der Waals surface area contributed by atoms with Gasteiger partial charge in [-0.3, -0.25) is 0 Å². The summed E-state index contributed by atoms with van der Waals surface area (Å²) in [6.45, 7) is 2.05. The Bertz CT molecular complexity index is 674. The van der Waals surface area contributed by atoms with E-state index in [2.05, 4.69) is 10.6 Å². The van der Waals surface area contributed by atoms with Crippen LogP contribution in [0.25, 0.3) is 0 Å². The van der Waals surface area contributed by atoms with Crippen molar-refractivity contribution in [1.29, 1.82) is 0 Å². The Balaban J connectivity index is 1.79. The van der Waals surface area contributed by atoms with Crippen molar-refractivity contribution >= 4 is 6.03 Å². The standard InChI is InChI=1S/C17H17F3N2O/c1-11(13-4-7-15(19)16(20)10-13)22-17(23)21-9-8-12-2-5-14(18)6-3-12/h2-7,10-11H,8-9H2,1H3,(H2,21,22,23)/t11-/m0/s1. The minimum absolute atomic E-state index is 0.306. The fourth-order valence-corrected chi connectivity index (χ4v) is 2.08. The Labute approximate surface area is 132 Å². The Hall–Kier alpha value is -2.50. The quantitative estimate of drug-likeness (QED) is 0.866. The molecule has 2 rings (SSSR count). The first-order valence-electron chi connectivity index (χ1n) is 7.19. The van der Waals surface area contributed by atoms with E-state index < -0.39 is 23.7 Å². The normalized spacial score (nSPS) is 11.8. The molecule has 23 heavy (non-hydrogen) atoms. The molecule has 6 heteroatoms. The minimum atomic E-state index is -0.951. The average molecular weight is 322 g/mol. The van der Waals surface area contributed by atoms with E-state index in [4.69, 9.17) is 0 Å². The van der Waals surface area contributed by atoms with Gasteiger partial charge in [0.2, 0.25) is 0 Å². The van der Waals surface area contributed by atoms with E-state index in [9.17, 15) is 18.0 Å². The van der Waals surface area contributed by atoms with Gasteiger partial charge < -0.3 is 10.6 Å². The van der Waals surface area contributed by atoms with Gasteiger partial charge in [0.05, 0.1) is 6.04 Å². The van der Waals surface area contributed by atoms with Crippen LogP contribution in [0, 0.1) is 17.5 Å². The van der Waals surface area contributed by atoms with E-state index >= 15 is 0 Å². The monoisotopic (exact) mass is 322 g/mol. The summed E-state index contributed by atoms with van der Waals surface area (Å²) in [6, 6.07) is 8.65. The number of halogens is 3. The van der Waals surface area contributed by atoms with Crippen LogP contribution in [-0.2, 0) is 6.42 Å². The Kier molecular flexibility index (Phi) is 5.62. The summed E-state index contributed by atoms with van der Waals surface area (Å²) in [7, 11) is 0. The molecule has 0 saturated carbocycles. The van der Waals surface area contributed by atoms with E-state index in [-0.39, 0.29) is 5.82 Å². The third-order valence-corrected chi connectivity index (χ3v) is 3.40. The van der Waals surface area contributed by atoms with Crippen LogP contribution in [0.2, 0.25) is 0 Å². The van der Waals surface area contributed by atoms with Gasteiger partial charge in [-0.1, -0.05) is 18.2 Å². The van der Waals surface area contributed by atoms with Crippen molar-refractivity contribution in [3.63, 3.8) is 0 Å². The molecule has 0 saturated heterocycles. The summed E-state index contributed by atoms with van der Waals surface area (Å²) in [6.07, 6.45) is 0.563. The lowest BCUT2D eigenvalue weighted by atomic mass is 10.1. The van der Waals surface area contributed by atoms with Gasteiger partial charge in [-0.2, -0.15) is 0 Å². The summed E-state index contributed by atoms with van der Waals surface area (Å²) >= 11 is 0. The van der Waals surface area contributed by atoms with Gasteiger partial charge in [0.25, 0.3) is 0 Å². The Morgan fingerprint density at radius 1 is 1.04 bits per heavy atom. The molecular weight excluding hydrogens is 305 g/mol. The predicted molar refractivity (Wildman–Crippen MR) is 81.4 cm³/mol. The van der Waals surface area contributed by atoms with Gasteiger partial charge in [0.15, 0.2) is 11.6 Å². The van der Waals surface area contributed by atoms with Crippen LogP contribution in [-0.4, -0.2) is 12.6 Å². The van der Waals surface area contributed by atoms with Crippen LogP contribution in [0.4, 0.5) is 18.0 Å². The first-order chi connectivity index (χ1) is 11.0. The highest BCUT2D eigenvalue weighted by molar-refractivity contribution is 5.74. The van der Waals surface area contributed by atoms with Crippen LogP contribution in [0.1, 0.15) is 24.1 Å². The maximum Gasteiger partial charge on any atom is 0.315 e. The van der Waals surface area contributed by atoms with Gasteiger partial charge in [-0.05, 0) is 48.7 Å². The Morgan fingerprint density at radius 3 is 2.39 bits per heavy atom. The largest absolute Gasteiger partial charge is 0.338 e. The van der Waals surface area contributed by atoms with E-state index in [0.29, 0.717) is 18.5 Å². The summed E-state index contributed by atoms with van der Waals surface area (Å²) in [4.78, 5) is 11.8. The van der Waals surface area contributed by atoms with Crippen LogP contribution >= 0.6 is 0 Å². The number of hydrogen-bond donors (Lipinski definition) is 2. The second kappa shape index (κ2) is 7.67. The molecule has 0 aliphatic carbocycles. The molecule has 0 radical (unpaired) electrons. The van der Waals surface area contributed by atoms with Crippen molar-refractivity contribution in [3.8, 4) is 0 Å². The number of carbonyl (C=O) groups is 1. The molecule has 2 aromatic carbocycles. The number of nitrogens with one attached hydrogen (secondary N) is 2. The highest BCUT2D eigenvalue weighted by Crippen LogP contribution is 2.15. The molecule has 2 amide bonds. The zero-order valence-electron chi connectivity index (χ0n) is 12.6. The highest BCUT2D eigenvalue weighted by atomic mass is 19.2. The second-order valence-electron chi connectivity index (χ2n) is 5.17. The zero-order chi connectivity index (χ0) is 16.8. The SMILES string of the molecule is C[C@H](NC(=O)NCCc1ccc(F)cc1)c1ccc(F)c(F)c1. The second-order valence-corrected chi connectivity index (χ2v) is 5.17. The smallest absolute Gasteiger partial charge is 0.315 e. The van der Waals surface area contributed by atoms with E-state index in [1.807, 2.05) is 0 Å². The lowest BCUT2D eigenvalue weighted by molar-refractivity contribution is 0.238. The molecule has 0 aliphatic rings. The first-order valence-corrected chi connectivity index (χ1v) is 7.19. The van der Waals surface area contributed by atoms with Crippen molar-refractivity contribution in [2.45, 2.75) is 19.4 Å². The van der Waals surface area contributed by atoms with Crippen molar-refractivity contribution in [2.75, 3.05) is 6.54 Å². The van der Waals surface area contributed by atoms with Crippen molar-refractivity contribution in [2.24, 2.45) is 0 Å². The number of urea groups is 1. The van der Waals surface area contributed by atoms with Gasteiger partial charge in [-0.15, -0.1) is 0 Å². The lowest BCUT2D eigenvalue weighted by Gasteiger charge is -2.15. The molecular formula is C17H17F3N2O. The molecule has 122 valence electrons. The van der Waals surface area contributed by atoms with Crippen LogP contribution in [0.5, 0.6) is 0 Å². The van der Waals surface area contributed by atoms with Gasteiger partial charge in [0, 0.05) is 6.54 Å². The number of carbonyl (C=O) groups excluding carboxylic acids is 1. The molecule has 0 fully saturated rings. The van der Waals surface area contributed by atoms with Crippen LogP contribution in [0.15, 0.2) is 42.5 Å². The fourth-order valence-electron chi connectivity index (χ4n) is 2.08. The average Bonchev–Trinajstić information content (AvgIpc) is 2.52. The lowest BCUT2D eigenvalue weighted by Crippen LogP contribution is -2.38. The summed E-state index contributed by atoms with van der Waals surface area (Å²) in [5, 5.41) is 5.30. The molecule has 3 nitrogen and oxygen atoms in total. The van der Waals surface area contributed by atoms with Gasteiger partial charge in [-0.25, -0.2) is 18.0 Å². The number of benzene rings is 2. The predicted octanol–water partition coefficient (Wildman–Crippen LogP) is 3.71. The van der Waals surface area contributed by atoms with Crippen molar-refractivity contribution < 1.29 is 18.0 Å². The molecule has 0 bridgehead atoms.